The molecule has 0 aliphatic rings. The van der Waals surface area contributed by atoms with Gasteiger partial charge >= 0.3 is 0 Å². The number of hydrogen-bond acceptors (Lipinski definition) is 2. The van der Waals surface area contributed by atoms with Gasteiger partial charge in [0.2, 0.25) is 0 Å². The average Bonchev–Trinajstić information content (AvgIpc) is 2.39. The van der Waals surface area contributed by atoms with Crippen molar-refractivity contribution in [1.82, 2.24) is 5.32 Å². The molecule has 106 valence electrons. The highest BCUT2D eigenvalue weighted by Crippen LogP contribution is 2.19. The van der Waals surface area contributed by atoms with E-state index in [1.807, 2.05) is 6.07 Å². The molecule has 1 atom stereocenters. The predicted octanol–water partition coefficient (Wildman–Crippen LogP) is 4.12. The van der Waals surface area contributed by atoms with Gasteiger partial charge in [0.1, 0.15) is 0 Å². The minimum Gasteiger partial charge on any atom is -0.398 e. The van der Waals surface area contributed by atoms with Crippen molar-refractivity contribution in [2.24, 2.45) is 0 Å². The fourth-order valence-corrected chi connectivity index (χ4v) is 2.44. The Morgan fingerprint density at radius 1 is 1.32 bits per heavy atom. The van der Waals surface area contributed by atoms with Crippen molar-refractivity contribution in [3.8, 4) is 0 Å². The summed E-state index contributed by atoms with van der Waals surface area (Å²) in [5.74, 6) is -0.0756. The summed E-state index contributed by atoms with van der Waals surface area (Å²) in [5.41, 5.74) is 6.93. The predicted molar refractivity (Wildman–Crippen MR) is 84.2 cm³/mol. The minimum atomic E-state index is -0.0756. The Balaban J connectivity index is 2.72. The third-order valence-corrected chi connectivity index (χ3v) is 3.63. The van der Waals surface area contributed by atoms with E-state index < -0.39 is 0 Å². The van der Waals surface area contributed by atoms with Gasteiger partial charge < -0.3 is 11.1 Å². The quantitative estimate of drug-likeness (QED) is 0.740. The van der Waals surface area contributed by atoms with Crippen molar-refractivity contribution in [1.29, 1.82) is 0 Å². The number of carbonyl (C=O) groups is 1. The number of benzene rings is 1. The maximum Gasteiger partial charge on any atom is 0.253 e. The Kier molecular flexibility index (Phi) is 6.92. The molecule has 0 spiro atoms. The van der Waals surface area contributed by atoms with Gasteiger partial charge in [-0.1, -0.05) is 49.0 Å². The second kappa shape index (κ2) is 8.20. The summed E-state index contributed by atoms with van der Waals surface area (Å²) in [6.45, 7) is 4.30. The fourth-order valence-electron chi connectivity index (χ4n) is 2.08. The first-order valence-electron chi connectivity index (χ1n) is 6.94. The van der Waals surface area contributed by atoms with Gasteiger partial charge in [0.05, 0.1) is 5.56 Å². The number of unbranched alkanes of at least 4 members (excludes halogenated alkanes) is 1. The van der Waals surface area contributed by atoms with Gasteiger partial charge in [0.25, 0.3) is 5.91 Å². The van der Waals surface area contributed by atoms with Gasteiger partial charge in [-0.15, -0.1) is 0 Å². The lowest BCUT2D eigenvalue weighted by molar-refractivity contribution is 0.0933. The highest BCUT2D eigenvalue weighted by molar-refractivity contribution is 9.10. The summed E-state index contributed by atoms with van der Waals surface area (Å²) in [4.78, 5) is 12.3. The van der Waals surface area contributed by atoms with E-state index in [2.05, 4.69) is 35.1 Å². The molecular formula is C15H23BrN2O. The molecule has 0 saturated carbocycles. The molecule has 0 heterocycles. The minimum absolute atomic E-state index is 0.0756. The van der Waals surface area contributed by atoms with Gasteiger partial charge in [-0.25, -0.2) is 0 Å². The molecule has 1 unspecified atom stereocenters. The molecule has 0 aliphatic heterocycles. The number of hydrogen-bond donors (Lipinski definition) is 2. The second-order valence-corrected chi connectivity index (χ2v) is 5.75. The summed E-state index contributed by atoms with van der Waals surface area (Å²) in [7, 11) is 0. The molecule has 1 amide bonds. The standard InChI is InChI=1S/C15H23BrN2O/c1-3-5-7-12(6-4-2)18-15(19)13-10-11(16)8-9-14(13)17/h8-10,12H,3-7,17H2,1-2H3,(H,18,19). The SMILES string of the molecule is CCCCC(CCC)NC(=O)c1cc(Br)ccc1N. The van der Waals surface area contributed by atoms with Gasteiger partial charge in [0.15, 0.2) is 0 Å². The van der Waals surface area contributed by atoms with Crippen LogP contribution in [-0.2, 0) is 0 Å². The second-order valence-electron chi connectivity index (χ2n) is 4.83. The normalized spacial score (nSPS) is 12.2. The fraction of sp³-hybridized carbons (Fsp3) is 0.533. The molecule has 1 aromatic rings. The van der Waals surface area contributed by atoms with E-state index in [0.717, 1.165) is 36.6 Å². The van der Waals surface area contributed by atoms with Crippen molar-refractivity contribution in [2.45, 2.75) is 52.0 Å². The van der Waals surface area contributed by atoms with Crippen LogP contribution in [-0.4, -0.2) is 11.9 Å². The zero-order chi connectivity index (χ0) is 14.3. The number of nitrogens with two attached hydrogens (primary N) is 1. The Hall–Kier alpha value is -1.03. The molecule has 1 aromatic carbocycles. The Bertz CT molecular complexity index is 421. The summed E-state index contributed by atoms with van der Waals surface area (Å²) < 4.78 is 0.868. The maximum atomic E-state index is 12.3. The number of anilines is 1. The van der Waals surface area contributed by atoms with Gasteiger partial charge in [-0.3, -0.25) is 4.79 Å². The van der Waals surface area contributed by atoms with E-state index in [4.69, 9.17) is 5.73 Å². The van der Waals surface area contributed by atoms with Gasteiger partial charge in [0, 0.05) is 16.2 Å². The Morgan fingerprint density at radius 3 is 2.68 bits per heavy atom. The zero-order valence-electron chi connectivity index (χ0n) is 11.7. The smallest absolute Gasteiger partial charge is 0.253 e. The van der Waals surface area contributed by atoms with Crippen LogP contribution in [0.4, 0.5) is 5.69 Å². The van der Waals surface area contributed by atoms with Crippen molar-refractivity contribution < 1.29 is 4.79 Å². The number of nitrogens with one attached hydrogen (secondary N) is 1. The molecular weight excluding hydrogens is 304 g/mol. The van der Waals surface area contributed by atoms with E-state index >= 15 is 0 Å². The number of nitrogen functional groups attached to an aromatic ring is 1. The van der Waals surface area contributed by atoms with E-state index in [-0.39, 0.29) is 11.9 Å². The molecule has 19 heavy (non-hydrogen) atoms. The lowest BCUT2D eigenvalue weighted by atomic mass is 10.0. The first-order chi connectivity index (χ1) is 9.08. The van der Waals surface area contributed by atoms with E-state index in [1.54, 1.807) is 12.1 Å². The monoisotopic (exact) mass is 326 g/mol. The lowest BCUT2D eigenvalue weighted by Crippen LogP contribution is -2.35. The number of rotatable bonds is 7. The van der Waals surface area contributed by atoms with Crippen LogP contribution in [0, 0.1) is 0 Å². The Labute approximate surface area is 124 Å². The van der Waals surface area contributed by atoms with Crippen molar-refractivity contribution in [2.75, 3.05) is 5.73 Å². The molecule has 0 aromatic heterocycles. The van der Waals surface area contributed by atoms with Crippen LogP contribution in [0.25, 0.3) is 0 Å². The first-order valence-corrected chi connectivity index (χ1v) is 7.73. The Morgan fingerprint density at radius 2 is 2.05 bits per heavy atom. The van der Waals surface area contributed by atoms with E-state index in [1.165, 1.54) is 0 Å². The molecule has 0 radical (unpaired) electrons. The molecule has 3 N–H and O–H groups in total. The first kappa shape index (κ1) is 16.0. The third-order valence-electron chi connectivity index (χ3n) is 3.14. The topological polar surface area (TPSA) is 55.1 Å². The average molecular weight is 327 g/mol. The molecule has 0 aliphatic carbocycles. The molecule has 3 nitrogen and oxygen atoms in total. The molecule has 4 heteroatoms. The maximum absolute atomic E-state index is 12.3. The molecule has 0 bridgehead atoms. The van der Waals surface area contributed by atoms with Crippen LogP contribution >= 0.6 is 15.9 Å². The highest BCUT2D eigenvalue weighted by Gasteiger charge is 2.15. The van der Waals surface area contributed by atoms with Crippen LogP contribution in [0.1, 0.15) is 56.3 Å². The van der Waals surface area contributed by atoms with Crippen LogP contribution in [0.2, 0.25) is 0 Å². The summed E-state index contributed by atoms with van der Waals surface area (Å²) in [6.07, 6.45) is 5.40. The molecule has 0 fully saturated rings. The van der Waals surface area contributed by atoms with Gasteiger partial charge in [-0.2, -0.15) is 0 Å². The van der Waals surface area contributed by atoms with Gasteiger partial charge in [-0.05, 0) is 31.0 Å². The van der Waals surface area contributed by atoms with E-state index in [0.29, 0.717) is 11.3 Å². The van der Waals surface area contributed by atoms with Crippen molar-refractivity contribution >= 4 is 27.5 Å². The number of amides is 1. The van der Waals surface area contributed by atoms with Crippen LogP contribution in [0.5, 0.6) is 0 Å². The zero-order valence-corrected chi connectivity index (χ0v) is 13.3. The highest BCUT2D eigenvalue weighted by atomic mass is 79.9. The third kappa shape index (κ3) is 5.23. The van der Waals surface area contributed by atoms with Crippen LogP contribution < -0.4 is 11.1 Å². The molecule has 1 rings (SSSR count). The largest absolute Gasteiger partial charge is 0.398 e. The molecule has 0 saturated heterocycles. The van der Waals surface area contributed by atoms with Crippen LogP contribution in [0.15, 0.2) is 22.7 Å². The van der Waals surface area contributed by atoms with Crippen molar-refractivity contribution in [3.05, 3.63) is 28.2 Å². The summed E-state index contributed by atoms with van der Waals surface area (Å²) in [6, 6.07) is 5.61. The van der Waals surface area contributed by atoms with Crippen molar-refractivity contribution in [3.63, 3.8) is 0 Å². The van der Waals surface area contributed by atoms with Crippen LogP contribution in [0.3, 0.4) is 0 Å². The summed E-state index contributed by atoms with van der Waals surface area (Å²) in [5, 5.41) is 3.10. The number of halogens is 1. The lowest BCUT2D eigenvalue weighted by Gasteiger charge is -2.18. The van der Waals surface area contributed by atoms with E-state index in [9.17, 15) is 4.79 Å². The number of carbonyl (C=O) groups excluding carboxylic acids is 1. The summed E-state index contributed by atoms with van der Waals surface area (Å²) >= 11 is 3.37.